The topological polar surface area (TPSA) is 59.0 Å². The van der Waals surface area contributed by atoms with Gasteiger partial charge in [-0.2, -0.15) is 0 Å². The third-order valence-electron chi connectivity index (χ3n) is 4.95. The molecule has 2 unspecified atom stereocenters. The van der Waals surface area contributed by atoms with Gasteiger partial charge in [-0.25, -0.2) is 4.79 Å². The second kappa shape index (κ2) is 6.62. The van der Waals surface area contributed by atoms with Gasteiger partial charge in [0.1, 0.15) is 6.10 Å². The molecule has 5 nitrogen and oxygen atoms in total. The Balaban J connectivity index is 1.57. The van der Waals surface area contributed by atoms with Crippen LogP contribution in [0.5, 0.6) is 11.5 Å². The summed E-state index contributed by atoms with van der Waals surface area (Å²) in [6, 6.07) is 6.04. The number of hydrogen-bond acceptors (Lipinski definition) is 5. The number of hydrogen-bond donors (Lipinski definition) is 1. The van der Waals surface area contributed by atoms with E-state index in [0.29, 0.717) is 17.8 Å². The van der Waals surface area contributed by atoms with E-state index >= 15 is 0 Å². The summed E-state index contributed by atoms with van der Waals surface area (Å²) in [6.45, 7) is 0. The highest BCUT2D eigenvalue weighted by Crippen LogP contribution is 2.35. The highest BCUT2D eigenvalue weighted by molar-refractivity contribution is 5.87. The van der Waals surface area contributed by atoms with Gasteiger partial charge in [0.05, 0.1) is 7.11 Å². The van der Waals surface area contributed by atoms with Gasteiger partial charge in [0.15, 0.2) is 11.5 Å². The van der Waals surface area contributed by atoms with Crippen molar-refractivity contribution < 1.29 is 19.4 Å². The normalized spacial score (nSPS) is 27.3. The lowest BCUT2D eigenvalue weighted by Gasteiger charge is -2.35. The number of methoxy groups -OCH3 is 1. The van der Waals surface area contributed by atoms with Crippen LogP contribution < -0.4 is 4.74 Å². The van der Waals surface area contributed by atoms with Crippen molar-refractivity contribution in [2.75, 3.05) is 14.2 Å². The largest absolute Gasteiger partial charge is 0.504 e. The molecule has 2 bridgehead atoms. The van der Waals surface area contributed by atoms with E-state index in [9.17, 15) is 9.90 Å². The summed E-state index contributed by atoms with van der Waals surface area (Å²) in [6.07, 6.45) is 7.41. The van der Waals surface area contributed by atoms with Gasteiger partial charge in [0, 0.05) is 31.0 Å². The number of fused-ring (bicyclic) bond motifs is 2. The minimum absolute atomic E-state index is 0.0233. The molecular weight excluding hydrogens is 294 g/mol. The summed E-state index contributed by atoms with van der Waals surface area (Å²) in [4.78, 5) is 14.4. The molecule has 2 heterocycles. The van der Waals surface area contributed by atoms with Crippen molar-refractivity contribution in [1.82, 2.24) is 4.90 Å². The van der Waals surface area contributed by atoms with Gasteiger partial charge >= 0.3 is 5.97 Å². The zero-order chi connectivity index (χ0) is 16.4. The van der Waals surface area contributed by atoms with E-state index in [1.807, 2.05) is 0 Å². The quantitative estimate of drug-likeness (QED) is 0.683. The fourth-order valence-electron chi connectivity index (χ4n) is 3.62. The Bertz CT molecular complexity index is 599. The molecule has 2 aliphatic rings. The van der Waals surface area contributed by atoms with Crippen LogP contribution in [0, 0.1) is 0 Å². The minimum atomic E-state index is -0.314. The standard InChI is InChI=1S/C18H23NO4/c1-19-13-5-6-14(19)11-15(10-13)23-18(21)8-4-12-3-7-16(20)17(9-12)22-2/h3-4,7-9,13-15,20H,5-6,10-11H2,1-2H3/b8-4+. The first-order valence-electron chi connectivity index (χ1n) is 8.04. The van der Waals surface area contributed by atoms with Gasteiger partial charge in [-0.1, -0.05) is 6.07 Å². The Morgan fingerprint density at radius 2 is 2.00 bits per heavy atom. The number of phenolic OH excluding ortho intramolecular Hbond substituents is 1. The number of rotatable bonds is 4. The lowest BCUT2D eigenvalue weighted by atomic mass is 10.0. The predicted octanol–water partition coefficient (Wildman–Crippen LogP) is 2.58. The maximum absolute atomic E-state index is 12.0. The van der Waals surface area contributed by atoms with Gasteiger partial charge < -0.3 is 19.5 Å². The first-order valence-corrected chi connectivity index (χ1v) is 8.04. The first-order chi connectivity index (χ1) is 11.1. The van der Waals surface area contributed by atoms with Crippen LogP contribution >= 0.6 is 0 Å². The molecule has 0 spiro atoms. The average Bonchev–Trinajstić information content (AvgIpc) is 2.75. The van der Waals surface area contributed by atoms with Crippen molar-refractivity contribution in [3.63, 3.8) is 0 Å². The molecule has 3 rings (SSSR count). The van der Waals surface area contributed by atoms with Crippen LogP contribution in [0.1, 0.15) is 31.2 Å². The van der Waals surface area contributed by atoms with E-state index in [0.717, 1.165) is 18.4 Å². The molecule has 0 amide bonds. The molecule has 1 N–H and O–H groups in total. The smallest absolute Gasteiger partial charge is 0.331 e. The highest BCUT2D eigenvalue weighted by Gasteiger charge is 2.39. The van der Waals surface area contributed by atoms with E-state index in [1.165, 1.54) is 26.0 Å². The van der Waals surface area contributed by atoms with E-state index in [4.69, 9.17) is 9.47 Å². The molecule has 124 valence electrons. The highest BCUT2D eigenvalue weighted by atomic mass is 16.5. The number of aromatic hydroxyl groups is 1. The summed E-state index contributed by atoms with van der Waals surface area (Å²) >= 11 is 0. The molecule has 0 aliphatic carbocycles. The molecule has 1 aromatic carbocycles. The monoisotopic (exact) mass is 317 g/mol. The Hall–Kier alpha value is -2.01. The number of nitrogens with zero attached hydrogens (tertiary/aromatic N) is 1. The molecule has 2 atom stereocenters. The van der Waals surface area contributed by atoms with Crippen molar-refractivity contribution in [1.29, 1.82) is 0 Å². The number of carbonyl (C=O) groups is 1. The van der Waals surface area contributed by atoms with E-state index in [-0.39, 0.29) is 17.8 Å². The Kier molecular flexibility index (Phi) is 4.57. The number of carbonyl (C=O) groups excluding carboxylic acids is 1. The van der Waals surface area contributed by atoms with Crippen molar-refractivity contribution in [2.45, 2.75) is 43.9 Å². The molecule has 2 aliphatic heterocycles. The minimum Gasteiger partial charge on any atom is -0.504 e. The zero-order valence-corrected chi connectivity index (χ0v) is 13.6. The van der Waals surface area contributed by atoms with Gasteiger partial charge in [-0.15, -0.1) is 0 Å². The van der Waals surface area contributed by atoms with Crippen molar-refractivity contribution >= 4 is 12.0 Å². The lowest BCUT2D eigenvalue weighted by Crippen LogP contribution is -2.43. The third-order valence-corrected chi connectivity index (χ3v) is 4.95. The van der Waals surface area contributed by atoms with Crippen LogP contribution in [0.15, 0.2) is 24.3 Å². The summed E-state index contributed by atoms with van der Waals surface area (Å²) in [5.41, 5.74) is 0.778. The van der Waals surface area contributed by atoms with Gasteiger partial charge in [0.2, 0.25) is 0 Å². The molecule has 2 fully saturated rings. The average molecular weight is 317 g/mol. The molecule has 0 radical (unpaired) electrons. The number of phenols is 1. The summed E-state index contributed by atoms with van der Waals surface area (Å²) in [5.74, 6) is 0.146. The Labute approximate surface area is 136 Å². The summed E-state index contributed by atoms with van der Waals surface area (Å²) in [5, 5.41) is 9.56. The summed E-state index contributed by atoms with van der Waals surface area (Å²) in [7, 11) is 3.66. The van der Waals surface area contributed by atoms with E-state index in [2.05, 4.69) is 11.9 Å². The van der Waals surface area contributed by atoms with Crippen LogP contribution in [0.2, 0.25) is 0 Å². The van der Waals surface area contributed by atoms with Crippen molar-refractivity contribution in [3.05, 3.63) is 29.8 Å². The number of esters is 1. The molecule has 5 heteroatoms. The fourth-order valence-corrected chi connectivity index (χ4v) is 3.62. The zero-order valence-electron chi connectivity index (χ0n) is 13.6. The maximum Gasteiger partial charge on any atom is 0.331 e. The maximum atomic E-state index is 12.0. The third kappa shape index (κ3) is 3.50. The number of piperidine rings is 1. The molecule has 2 saturated heterocycles. The fraction of sp³-hybridized carbons (Fsp3) is 0.500. The number of benzene rings is 1. The van der Waals surface area contributed by atoms with Crippen LogP contribution in [0.4, 0.5) is 0 Å². The second-order valence-corrected chi connectivity index (χ2v) is 6.35. The van der Waals surface area contributed by atoms with Crippen LogP contribution in [-0.4, -0.2) is 48.3 Å². The Morgan fingerprint density at radius 3 is 2.65 bits per heavy atom. The predicted molar refractivity (Wildman–Crippen MR) is 87.4 cm³/mol. The van der Waals surface area contributed by atoms with Gasteiger partial charge in [-0.05, 0) is 43.7 Å². The SMILES string of the molecule is COc1cc(/C=C/C(=O)OC2CC3CCC(C2)N3C)ccc1O. The molecular formula is C18H23NO4. The van der Waals surface area contributed by atoms with E-state index < -0.39 is 0 Å². The summed E-state index contributed by atoms with van der Waals surface area (Å²) < 4.78 is 10.6. The molecule has 1 aromatic rings. The van der Waals surface area contributed by atoms with Crippen molar-refractivity contribution in [2.24, 2.45) is 0 Å². The Morgan fingerprint density at radius 1 is 1.30 bits per heavy atom. The van der Waals surface area contributed by atoms with Gasteiger partial charge in [-0.3, -0.25) is 0 Å². The van der Waals surface area contributed by atoms with Crippen molar-refractivity contribution in [3.8, 4) is 11.5 Å². The van der Waals surface area contributed by atoms with Crippen LogP contribution in [0.3, 0.4) is 0 Å². The molecule has 0 saturated carbocycles. The van der Waals surface area contributed by atoms with Crippen LogP contribution in [-0.2, 0) is 9.53 Å². The second-order valence-electron chi connectivity index (χ2n) is 6.35. The van der Waals surface area contributed by atoms with E-state index in [1.54, 1.807) is 24.3 Å². The van der Waals surface area contributed by atoms with Gasteiger partial charge in [0.25, 0.3) is 0 Å². The molecule has 0 aromatic heterocycles. The first kappa shape index (κ1) is 15.9. The lowest BCUT2D eigenvalue weighted by molar-refractivity contribution is -0.146. The number of ether oxygens (including phenoxy) is 2. The van der Waals surface area contributed by atoms with Crippen LogP contribution in [0.25, 0.3) is 6.08 Å². The molecule has 23 heavy (non-hydrogen) atoms.